The first-order chi connectivity index (χ1) is 9.44. The zero-order valence-corrected chi connectivity index (χ0v) is 11.0. The summed E-state index contributed by atoms with van der Waals surface area (Å²) in [6, 6.07) is 7.02. The molecule has 0 amide bonds. The number of nitriles is 1. The van der Waals surface area contributed by atoms with Crippen molar-refractivity contribution in [3.63, 3.8) is 0 Å². The Bertz CT molecular complexity index is 650. The Morgan fingerprint density at radius 3 is 2.70 bits per heavy atom. The van der Waals surface area contributed by atoms with Crippen LogP contribution in [0.5, 0.6) is 0 Å². The van der Waals surface area contributed by atoms with Gasteiger partial charge in [0, 0.05) is 13.0 Å². The van der Waals surface area contributed by atoms with Crippen LogP contribution in [0.4, 0.5) is 13.2 Å². The highest BCUT2D eigenvalue weighted by Gasteiger charge is 2.27. The number of nitrogens with zero attached hydrogens (tertiary/aromatic N) is 3. The first kappa shape index (κ1) is 14.4. The van der Waals surface area contributed by atoms with Crippen molar-refractivity contribution in [2.24, 2.45) is 0 Å². The summed E-state index contributed by atoms with van der Waals surface area (Å²) >= 11 is 0. The molecule has 106 valence electrons. The zero-order chi connectivity index (χ0) is 14.8. The quantitative estimate of drug-likeness (QED) is 0.855. The molecular formula is C14H14F3N3. The molecule has 2 rings (SSSR count). The molecule has 1 aromatic carbocycles. The second-order valence-electron chi connectivity index (χ2n) is 4.61. The van der Waals surface area contributed by atoms with Crippen LogP contribution in [-0.4, -0.2) is 15.7 Å². The highest BCUT2D eigenvalue weighted by molar-refractivity contribution is 5.77. The summed E-state index contributed by atoms with van der Waals surface area (Å²) in [5, 5.41) is 8.85. The summed E-state index contributed by atoms with van der Waals surface area (Å²) in [5.74, 6) is 0.425. The molecule has 0 N–H and O–H groups in total. The largest absolute Gasteiger partial charge is 0.389 e. The molecule has 0 fully saturated rings. The summed E-state index contributed by atoms with van der Waals surface area (Å²) in [5.41, 5.74) is 1.82. The fourth-order valence-electron chi connectivity index (χ4n) is 2.17. The molecular weight excluding hydrogens is 267 g/mol. The molecule has 20 heavy (non-hydrogen) atoms. The molecule has 1 aromatic heterocycles. The minimum Gasteiger partial charge on any atom is -0.328 e. The van der Waals surface area contributed by atoms with Gasteiger partial charge in [0.25, 0.3) is 0 Å². The van der Waals surface area contributed by atoms with E-state index in [0.717, 1.165) is 11.9 Å². The van der Waals surface area contributed by atoms with Crippen LogP contribution in [0, 0.1) is 11.3 Å². The molecule has 0 radical (unpaired) electrons. The van der Waals surface area contributed by atoms with E-state index >= 15 is 0 Å². The number of aryl methyl sites for hydroxylation is 2. The summed E-state index contributed by atoms with van der Waals surface area (Å²) in [6.45, 7) is 2.58. The number of hydrogen-bond acceptors (Lipinski definition) is 2. The summed E-state index contributed by atoms with van der Waals surface area (Å²) in [7, 11) is 0. The molecule has 0 unspecified atom stereocenters. The molecule has 6 heteroatoms. The van der Waals surface area contributed by atoms with Crippen molar-refractivity contribution in [3.05, 3.63) is 29.6 Å². The number of aromatic nitrogens is 2. The van der Waals surface area contributed by atoms with E-state index in [1.165, 1.54) is 0 Å². The minimum absolute atomic E-state index is 0.139. The van der Waals surface area contributed by atoms with Gasteiger partial charge < -0.3 is 4.57 Å². The molecule has 0 aliphatic heterocycles. The van der Waals surface area contributed by atoms with Gasteiger partial charge in [-0.25, -0.2) is 4.98 Å². The normalized spacial score (nSPS) is 11.8. The Morgan fingerprint density at radius 2 is 2.10 bits per heavy atom. The van der Waals surface area contributed by atoms with E-state index in [1.54, 1.807) is 18.2 Å². The van der Waals surface area contributed by atoms with Crippen molar-refractivity contribution in [2.75, 3.05) is 0 Å². The molecule has 0 aliphatic carbocycles. The lowest BCUT2D eigenvalue weighted by Crippen LogP contribution is -2.12. The first-order valence-corrected chi connectivity index (χ1v) is 6.40. The van der Waals surface area contributed by atoms with Gasteiger partial charge >= 0.3 is 6.18 Å². The molecule has 0 atom stereocenters. The third-order valence-electron chi connectivity index (χ3n) is 3.04. The Morgan fingerprint density at radius 1 is 1.35 bits per heavy atom. The second kappa shape index (κ2) is 5.53. The second-order valence-corrected chi connectivity index (χ2v) is 4.61. The third kappa shape index (κ3) is 3.10. The summed E-state index contributed by atoms with van der Waals surface area (Å²) in [4.78, 5) is 4.25. The van der Waals surface area contributed by atoms with Gasteiger partial charge in [0.15, 0.2) is 0 Å². The van der Waals surface area contributed by atoms with Crippen LogP contribution in [0.25, 0.3) is 11.0 Å². The standard InChI is InChI=1S/C14H14F3N3/c1-2-7-20-12-4-3-10(9-18)8-11(12)19-13(20)5-6-14(15,16)17/h3-4,8H,2,5-7H2,1H3. The number of alkyl halides is 3. The maximum absolute atomic E-state index is 12.4. The molecule has 3 nitrogen and oxygen atoms in total. The lowest BCUT2D eigenvalue weighted by Gasteiger charge is -2.09. The van der Waals surface area contributed by atoms with E-state index in [-0.39, 0.29) is 6.42 Å². The lowest BCUT2D eigenvalue weighted by atomic mass is 10.2. The van der Waals surface area contributed by atoms with Gasteiger partial charge in [-0.2, -0.15) is 18.4 Å². The highest BCUT2D eigenvalue weighted by atomic mass is 19.4. The topological polar surface area (TPSA) is 41.6 Å². The smallest absolute Gasteiger partial charge is 0.328 e. The van der Waals surface area contributed by atoms with Crippen molar-refractivity contribution in [1.29, 1.82) is 5.26 Å². The van der Waals surface area contributed by atoms with Crippen LogP contribution >= 0.6 is 0 Å². The number of imidazole rings is 1. The van der Waals surface area contributed by atoms with Gasteiger partial charge in [0.05, 0.1) is 29.1 Å². The van der Waals surface area contributed by atoms with E-state index in [2.05, 4.69) is 4.98 Å². The summed E-state index contributed by atoms with van der Waals surface area (Å²) in [6.07, 6.45) is -4.40. The van der Waals surface area contributed by atoms with Gasteiger partial charge in [0.2, 0.25) is 0 Å². The Kier molecular flexibility index (Phi) is 3.98. The van der Waals surface area contributed by atoms with E-state index in [0.29, 0.717) is 23.4 Å². The molecule has 1 heterocycles. The van der Waals surface area contributed by atoms with Crippen LogP contribution in [0.2, 0.25) is 0 Å². The van der Waals surface area contributed by atoms with E-state index in [4.69, 9.17) is 5.26 Å². The Balaban J connectivity index is 2.42. The molecule has 0 bridgehead atoms. The van der Waals surface area contributed by atoms with Crippen LogP contribution < -0.4 is 0 Å². The molecule has 0 saturated carbocycles. The lowest BCUT2D eigenvalue weighted by molar-refractivity contribution is -0.134. The van der Waals surface area contributed by atoms with Crippen LogP contribution in [0.3, 0.4) is 0 Å². The monoisotopic (exact) mass is 281 g/mol. The fourth-order valence-corrected chi connectivity index (χ4v) is 2.17. The molecule has 0 aliphatic rings. The third-order valence-corrected chi connectivity index (χ3v) is 3.04. The average molecular weight is 281 g/mol. The number of hydrogen-bond donors (Lipinski definition) is 0. The van der Waals surface area contributed by atoms with Crippen LogP contribution in [0.1, 0.15) is 31.2 Å². The number of benzene rings is 1. The molecule has 0 spiro atoms. The van der Waals surface area contributed by atoms with Gasteiger partial charge in [-0.3, -0.25) is 0 Å². The predicted octanol–water partition coefficient (Wildman–Crippen LogP) is 3.81. The highest BCUT2D eigenvalue weighted by Crippen LogP contribution is 2.24. The zero-order valence-electron chi connectivity index (χ0n) is 11.0. The fraction of sp³-hybridized carbons (Fsp3) is 0.429. The molecule has 0 saturated heterocycles. The minimum atomic E-state index is -4.19. The molecule has 2 aromatic rings. The van der Waals surface area contributed by atoms with Crippen molar-refractivity contribution < 1.29 is 13.2 Å². The van der Waals surface area contributed by atoms with Crippen molar-refractivity contribution in [3.8, 4) is 6.07 Å². The number of rotatable bonds is 4. The Hall–Kier alpha value is -2.03. The van der Waals surface area contributed by atoms with Gasteiger partial charge in [-0.15, -0.1) is 0 Å². The maximum atomic E-state index is 12.4. The summed E-state index contributed by atoms with van der Waals surface area (Å²) < 4.78 is 38.9. The average Bonchev–Trinajstić information content (AvgIpc) is 2.73. The van der Waals surface area contributed by atoms with Crippen LogP contribution in [0.15, 0.2) is 18.2 Å². The van der Waals surface area contributed by atoms with Crippen molar-refractivity contribution in [1.82, 2.24) is 9.55 Å². The van der Waals surface area contributed by atoms with Crippen molar-refractivity contribution >= 4 is 11.0 Å². The number of fused-ring (bicyclic) bond motifs is 1. The van der Waals surface area contributed by atoms with Gasteiger partial charge in [-0.05, 0) is 24.6 Å². The van der Waals surface area contributed by atoms with Crippen molar-refractivity contribution in [2.45, 2.75) is 38.9 Å². The SMILES string of the molecule is CCCn1c(CCC(F)(F)F)nc2cc(C#N)ccc21. The van der Waals surface area contributed by atoms with Gasteiger partial charge in [-0.1, -0.05) is 6.92 Å². The first-order valence-electron chi connectivity index (χ1n) is 6.40. The maximum Gasteiger partial charge on any atom is 0.389 e. The van der Waals surface area contributed by atoms with Gasteiger partial charge in [0.1, 0.15) is 5.82 Å². The van der Waals surface area contributed by atoms with E-state index in [1.807, 2.05) is 17.6 Å². The predicted molar refractivity (Wildman–Crippen MR) is 69.1 cm³/mol. The van der Waals surface area contributed by atoms with E-state index in [9.17, 15) is 13.2 Å². The van der Waals surface area contributed by atoms with E-state index < -0.39 is 12.6 Å². The van der Waals surface area contributed by atoms with Crippen LogP contribution in [-0.2, 0) is 13.0 Å². The number of halogens is 3. The Labute approximate surface area is 114 Å².